The van der Waals surface area contributed by atoms with Crippen LogP contribution in [-0.2, 0) is 0 Å². The van der Waals surface area contributed by atoms with Crippen molar-refractivity contribution in [3.8, 4) is 0 Å². The predicted molar refractivity (Wildman–Crippen MR) is 33.8 cm³/mol. The number of fused-ring (bicyclic) bond motifs is 1. The molecule has 0 saturated heterocycles. The van der Waals surface area contributed by atoms with E-state index in [2.05, 4.69) is 15.0 Å². The molecule has 0 aliphatic carbocycles. The van der Waals surface area contributed by atoms with Gasteiger partial charge < -0.3 is 4.98 Å². The van der Waals surface area contributed by atoms with Crippen LogP contribution in [0.15, 0.2) is 18.6 Å². The van der Waals surface area contributed by atoms with Crippen LogP contribution in [0.1, 0.15) is 0 Å². The molecule has 0 fully saturated rings. The van der Waals surface area contributed by atoms with E-state index in [-0.39, 0.29) is 0 Å². The number of nitrogens with one attached hydrogen (secondary N) is 1. The lowest BCUT2D eigenvalue weighted by atomic mass is 10.4. The van der Waals surface area contributed by atoms with E-state index >= 15 is 0 Å². The van der Waals surface area contributed by atoms with Crippen LogP contribution in [0.25, 0.3) is 11.0 Å². The molecule has 0 spiro atoms. The molecule has 0 aliphatic rings. The molecule has 2 heterocycles. The van der Waals surface area contributed by atoms with E-state index in [1.807, 2.05) is 0 Å². The Morgan fingerprint density at radius 2 is 2.30 bits per heavy atom. The number of aromatic nitrogens is 3. The highest BCUT2D eigenvalue weighted by molar-refractivity contribution is 5.72. The Morgan fingerprint density at radius 1 is 1.40 bits per heavy atom. The third-order valence-electron chi connectivity index (χ3n) is 1.27. The number of nitrogens with zero attached hydrogens (tertiary/aromatic N) is 2. The van der Waals surface area contributed by atoms with Crippen LogP contribution in [0.2, 0.25) is 0 Å². The second-order valence-corrected chi connectivity index (χ2v) is 1.93. The smallest absolute Gasteiger partial charge is 0.215 e. The largest absolute Gasteiger partial charge is 0.343 e. The van der Waals surface area contributed by atoms with Gasteiger partial charge in [-0.1, -0.05) is 0 Å². The maximum atomic E-state index is 12.3. The first-order valence-electron chi connectivity index (χ1n) is 2.81. The summed E-state index contributed by atoms with van der Waals surface area (Å²) in [5, 5.41) is 0. The standard InChI is InChI=1S/C6H4FN3/c7-6-1-4-5(2-8-6)10-3-9-4/h1-3H,(H,9,10). The molecule has 10 heavy (non-hydrogen) atoms. The topological polar surface area (TPSA) is 41.6 Å². The van der Waals surface area contributed by atoms with Crippen molar-refractivity contribution in [2.45, 2.75) is 0 Å². The molecule has 0 unspecified atom stereocenters. The van der Waals surface area contributed by atoms with Crippen molar-refractivity contribution >= 4 is 11.0 Å². The summed E-state index contributed by atoms with van der Waals surface area (Å²) in [5.74, 6) is -0.500. The SMILES string of the molecule is Fc1cc2nc[nH]c2cn1. The van der Waals surface area contributed by atoms with E-state index < -0.39 is 5.95 Å². The summed E-state index contributed by atoms with van der Waals surface area (Å²) < 4.78 is 12.3. The zero-order valence-corrected chi connectivity index (χ0v) is 5.00. The molecule has 0 radical (unpaired) electrons. The average molecular weight is 137 g/mol. The lowest BCUT2D eigenvalue weighted by Gasteiger charge is -1.85. The number of H-pyrrole nitrogens is 1. The van der Waals surface area contributed by atoms with Crippen molar-refractivity contribution in [1.29, 1.82) is 0 Å². The van der Waals surface area contributed by atoms with Gasteiger partial charge in [-0.3, -0.25) is 0 Å². The van der Waals surface area contributed by atoms with Crippen molar-refractivity contribution in [2.24, 2.45) is 0 Å². The third-order valence-corrected chi connectivity index (χ3v) is 1.27. The van der Waals surface area contributed by atoms with Gasteiger partial charge in [0, 0.05) is 6.07 Å². The number of rotatable bonds is 0. The molecule has 3 nitrogen and oxygen atoms in total. The van der Waals surface area contributed by atoms with Gasteiger partial charge in [-0.05, 0) is 0 Å². The van der Waals surface area contributed by atoms with Gasteiger partial charge in [-0.15, -0.1) is 0 Å². The fraction of sp³-hybridized carbons (Fsp3) is 0. The van der Waals surface area contributed by atoms with Gasteiger partial charge >= 0.3 is 0 Å². The Bertz CT molecular complexity index is 355. The summed E-state index contributed by atoms with van der Waals surface area (Å²) in [6.07, 6.45) is 2.92. The van der Waals surface area contributed by atoms with Crippen LogP contribution in [0.3, 0.4) is 0 Å². The average Bonchev–Trinajstić information content (AvgIpc) is 2.33. The summed E-state index contributed by atoms with van der Waals surface area (Å²) in [5.41, 5.74) is 1.36. The first-order chi connectivity index (χ1) is 4.86. The van der Waals surface area contributed by atoms with Crippen LogP contribution >= 0.6 is 0 Å². The molecule has 2 rings (SSSR count). The fourth-order valence-corrected chi connectivity index (χ4v) is 0.810. The van der Waals surface area contributed by atoms with E-state index in [0.717, 1.165) is 5.52 Å². The van der Waals surface area contributed by atoms with E-state index in [0.29, 0.717) is 5.52 Å². The van der Waals surface area contributed by atoms with E-state index in [1.54, 1.807) is 0 Å². The van der Waals surface area contributed by atoms with Crippen LogP contribution < -0.4 is 0 Å². The summed E-state index contributed by atoms with van der Waals surface area (Å²) in [6, 6.07) is 1.28. The molecule has 0 saturated carbocycles. The van der Waals surface area contributed by atoms with Crippen LogP contribution in [0.4, 0.5) is 4.39 Å². The molecular weight excluding hydrogens is 133 g/mol. The minimum atomic E-state index is -0.500. The molecule has 4 heteroatoms. The number of aromatic amines is 1. The van der Waals surface area contributed by atoms with Crippen molar-refractivity contribution in [1.82, 2.24) is 15.0 Å². The van der Waals surface area contributed by atoms with Gasteiger partial charge in [0.05, 0.1) is 23.6 Å². The molecule has 0 aliphatic heterocycles. The van der Waals surface area contributed by atoms with Gasteiger partial charge in [-0.2, -0.15) is 4.39 Å². The van der Waals surface area contributed by atoms with Gasteiger partial charge in [-0.25, -0.2) is 9.97 Å². The highest BCUT2D eigenvalue weighted by Gasteiger charge is 1.96. The van der Waals surface area contributed by atoms with Gasteiger partial charge in [0.2, 0.25) is 5.95 Å². The molecule has 0 aromatic carbocycles. The number of pyridine rings is 1. The second-order valence-electron chi connectivity index (χ2n) is 1.93. The Labute approximate surface area is 55.9 Å². The summed E-state index contributed by atoms with van der Waals surface area (Å²) >= 11 is 0. The van der Waals surface area contributed by atoms with Crippen molar-refractivity contribution in [3.63, 3.8) is 0 Å². The maximum Gasteiger partial charge on any atom is 0.215 e. The Morgan fingerprint density at radius 3 is 3.20 bits per heavy atom. The van der Waals surface area contributed by atoms with E-state index in [4.69, 9.17) is 0 Å². The maximum absolute atomic E-state index is 12.3. The third kappa shape index (κ3) is 0.655. The van der Waals surface area contributed by atoms with Gasteiger partial charge in [0.1, 0.15) is 0 Å². The second kappa shape index (κ2) is 1.76. The molecular formula is C6H4FN3. The van der Waals surface area contributed by atoms with Crippen molar-refractivity contribution in [3.05, 3.63) is 24.5 Å². The van der Waals surface area contributed by atoms with E-state index in [1.165, 1.54) is 18.6 Å². The summed E-state index contributed by atoms with van der Waals surface area (Å²) in [6.45, 7) is 0. The molecule has 0 amide bonds. The number of imidazole rings is 1. The first kappa shape index (κ1) is 5.34. The lowest BCUT2D eigenvalue weighted by molar-refractivity contribution is 0.586. The van der Waals surface area contributed by atoms with Crippen molar-refractivity contribution in [2.75, 3.05) is 0 Å². The van der Waals surface area contributed by atoms with Gasteiger partial charge in [0.15, 0.2) is 0 Å². The van der Waals surface area contributed by atoms with Crippen LogP contribution in [0.5, 0.6) is 0 Å². The highest BCUT2D eigenvalue weighted by atomic mass is 19.1. The fourth-order valence-electron chi connectivity index (χ4n) is 0.810. The zero-order valence-electron chi connectivity index (χ0n) is 5.00. The zero-order chi connectivity index (χ0) is 6.97. The molecule has 1 N–H and O–H groups in total. The van der Waals surface area contributed by atoms with Crippen LogP contribution in [0, 0.1) is 5.95 Å². The quantitative estimate of drug-likeness (QED) is 0.552. The summed E-state index contributed by atoms with van der Waals surface area (Å²) in [4.78, 5) is 10.1. The molecule has 0 bridgehead atoms. The minimum absolute atomic E-state index is 0.500. The molecule has 2 aromatic heterocycles. The van der Waals surface area contributed by atoms with Crippen LogP contribution in [-0.4, -0.2) is 15.0 Å². The number of hydrogen-bond donors (Lipinski definition) is 1. The highest BCUT2D eigenvalue weighted by Crippen LogP contribution is 2.06. The monoisotopic (exact) mass is 137 g/mol. The lowest BCUT2D eigenvalue weighted by Crippen LogP contribution is -1.79. The summed E-state index contributed by atoms with van der Waals surface area (Å²) in [7, 11) is 0. The predicted octanol–water partition coefficient (Wildman–Crippen LogP) is 1.10. The Hall–Kier alpha value is -1.45. The van der Waals surface area contributed by atoms with Crippen molar-refractivity contribution < 1.29 is 4.39 Å². The molecule has 50 valence electrons. The Balaban J connectivity index is 2.86. The Kier molecular flexibility index (Phi) is 0.943. The molecule has 0 atom stereocenters. The van der Waals surface area contributed by atoms with E-state index in [9.17, 15) is 4.39 Å². The first-order valence-corrected chi connectivity index (χ1v) is 2.81. The number of hydrogen-bond acceptors (Lipinski definition) is 2. The molecule has 2 aromatic rings. The normalized spacial score (nSPS) is 10.5. The number of halogens is 1. The van der Waals surface area contributed by atoms with Gasteiger partial charge in [0.25, 0.3) is 0 Å². The minimum Gasteiger partial charge on any atom is -0.343 e.